The molecular weight excluding hydrogens is 334 g/mol. The van der Waals surface area contributed by atoms with Crippen LogP contribution in [0.3, 0.4) is 0 Å². The number of fused-ring (bicyclic) bond motifs is 1. The molecule has 0 saturated carbocycles. The first-order valence-electron chi connectivity index (χ1n) is 8.43. The number of rotatable bonds is 4. The molecule has 0 aliphatic carbocycles. The van der Waals surface area contributed by atoms with Crippen LogP contribution in [0.2, 0.25) is 0 Å². The van der Waals surface area contributed by atoms with Crippen LogP contribution in [0.5, 0.6) is 0 Å². The third-order valence-corrected chi connectivity index (χ3v) is 4.79. The molecule has 0 spiro atoms. The highest BCUT2D eigenvalue weighted by Crippen LogP contribution is 2.43. The van der Waals surface area contributed by atoms with Crippen LogP contribution in [0.1, 0.15) is 50.8 Å². The van der Waals surface area contributed by atoms with Crippen LogP contribution in [0.25, 0.3) is 5.52 Å². The highest BCUT2D eigenvalue weighted by Gasteiger charge is 2.43. The molecule has 0 bridgehead atoms. The van der Waals surface area contributed by atoms with Crippen LogP contribution in [-0.2, 0) is 9.59 Å². The molecule has 2 atom stereocenters. The number of aromatic nitrogens is 2. The van der Waals surface area contributed by atoms with Crippen molar-refractivity contribution in [3.63, 3.8) is 0 Å². The molecule has 0 amide bonds. The largest absolute Gasteiger partial charge is 0.481 e. The summed E-state index contributed by atoms with van der Waals surface area (Å²) in [6.45, 7) is 7.16. The van der Waals surface area contributed by atoms with E-state index in [0.717, 1.165) is 0 Å². The summed E-state index contributed by atoms with van der Waals surface area (Å²) in [5, 5.41) is 24.3. The number of hydrogen-bond donors (Lipinski definition) is 2. The lowest BCUT2D eigenvalue weighted by Gasteiger charge is -2.30. The minimum atomic E-state index is -1.15. The summed E-state index contributed by atoms with van der Waals surface area (Å²) in [6.07, 6.45) is 1.78. The predicted octanol–water partition coefficient (Wildman–Crippen LogP) is 3.08. The molecule has 26 heavy (non-hydrogen) atoms. The van der Waals surface area contributed by atoms with Gasteiger partial charge in [-0.2, -0.15) is 5.10 Å². The summed E-state index contributed by atoms with van der Waals surface area (Å²) in [4.78, 5) is 28.3. The molecule has 0 saturated heterocycles. The van der Waals surface area contributed by atoms with Gasteiger partial charge >= 0.3 is 11.9 Å². The summed E-state index contributed by atoms with van der Waals surface area (Å²) < 4.78 is 1.68. The van der Waals surface area contributed by atoms with Crippen molar-refractivity contribution >= 4 is 23.2 Å². The van der Waals surface area contributed by atoms with Crippen LogP contribution in [-0.4, -0.2) is 37.5 Å². The van der Waals surface area contributed by atoms with Crippen LogP contribution in [0, 0.1) is 5.92 Å². The van der Waals surface area contributed by atoms with E-state index in [-0.39, 0.29) is 11.5 Å². The molecule has 7 nitrogen and oxygen atoms in total. The SMILES string of the molecule is CC1=NC(C)=C(C(=O)O)C(c2c(C(C)C)nn3ccccc23)C1C(=O)O. The Hall–Kier alpha value is -2.96. The van der Waals surface area contributed by atoms with Crippen molar-refractivity contribution in [1.82, 2.24) is 9.61 Å². The Morgan fingerprint density at radius 1 is 1.19 bits per heavy atom. The topological polar surface area (TPSA) is 104 Å². The molecule has 3 heterocycles. The van der Waals surface area contributed by atoms with E-state index in [1.54, 1.807) is 24.6 Å². The number of hydrogen-bond acceptors (Lipinski definition) is 4. The molecule has 0 aromatic carbocycles. The van der Waals surface area contributed by atoms with Crippen molar-refractivity contribution in [1.29, 1.82) is 0 Å². The standard InChI is InChI=1S/C19H21N3O4/c1-9(2)17-15(12-7-5-6-8-22(12)21-17)16-13(18(23)24)10(3)20-11(4)14(16)19(25)26/h5-9,13,16H,1-4H3,(H,23,24)(H,25,26). The van der Waals surface area contributed by atoms with Gasteiger partial charge in [-0.05, 0) is 31.9 Å². The zero-order valence-corrected chi connectivity index (χ0v) is 15.1. The normalized spacial score (nSPS) is 20.6. The highest BCUT2D eigenvalue weighted by atomic mass is 16.4. The number of carboxylic acid groups (broad SMARTS) is 2. The fraction of sp³-hybridized carbons (Fsp3) is 0.368. The average Bonchev–Trinajstić information content (AvgIpc) is 2.92. The zero-order valence-electron chi connectivity index (χ0n) is 15.1. The van der Waals surface area contributed by atoms with Gasteiger partial charge < -0.3 is 10.2 Å². The van der Waals surface area contributed by atoms with E-state index in [0.29, 0.717) is 28.2 Å². The quantitative estimate of drug-likeness (QED) is 0.877. The first kappa shape index (κ1) is 17.8. The fourth-order valence-electron chi connectivity index (χ4n) is 3.73. The maximum atomic E-state index is 12.0. The van der Waals surface area contributed by atoms with Gasteiger partial charge in [-0.1, -0.05) is 19.9 Å². The molecule has 3 rings (SSSR count). The lowest BCUT2D eigenvalue weighted by atomic mass is 9.74. The lowest BCUT2D eigenvalue weighted by Crippen LogP contribution is -2.35. The highest BCUT2D eigenvalue weighted by molar-refractivity contribution is 6.06. The third-order valence-electron chi connectivity index (χ3n) is 4.79. The Bertz CT molecular complexity index is 968. The van der Waals surface area contributed by atoms with Crippen molar-refractivity contribution in [2.24, 2.45) is 10.9 Å². The molecule has 136 valence electrons. The summed E-state index contributed by atoms with van der Waals surface area (Å²) in [5.41, 5.74) is 2.82. The smallest absolute Gasteiger partial charge is 0.334 e. The molecule has 0 radical (unpaired) electrons. The van der Waals surface area contributed by atoms with Gasteiger partial charge in [0.2, 0.25) is 0 Å². The van der Waals surface area contributed by atoms with Crippen LogP contribution >= 0.6 is 0 Å². The second-order valence-electron chi connectivity index (χ2n) is 6.84. The van der Waals surface area contributed by atoms with Gasteiger partial charge in [-0.3, -0.25) is 9.79 Å². The van der Waals surface area contributed by atoms with Crippen molar-refractivity contribution < 1.29 is 19.8 Å². The van der Waals surface area contributed by atoms with Crippen molar-refractivity contribution in [2.75, 3.05) is 0 Å². The van der Waals surface area contributed by atoms with Gasteiger partial charge in [0.15, 0.2) is 0 Å². The monoisotopic (exact) mass is 355 g/mol. The second-order valence-corrected chi connectivity index (χ2v) is 6.84. The minimum absolute atomic E-state index is 0.00821. The van der Waals surface area contributed by atoms with Gasteiger partial charge in [0.1, 0.15) is 5.92 Å². The molecule has 1 aliphatic rings. The second kappa shape index (κ2) is 6.40. The van der Waals surface area contributed by atoms with Crippen molar-refractivity contribution in [3.05, 3.63) is 46.9 Å². The predicted molar refractivity (Wildman–Crippen MR) is 96.6 cm³/mol. The average molecular weight is 355 g/mol. The lowest BCUT2D eigenvalue weighted by molar-refractivity contribution is -0.140. The van der Waals surface area contributed by atoms with E-state index in [4.69, 9.17) is 0 Å². The Morgan fingerprint density at radius 2 is 1.88 bits per heavy atom. The van der Waals surface area contributed by atoms with Crippen LogP contribution < -0.4 is 0 Å². The Balaban J connectivity index is 2.40. The summed E-state index contributed by atoms with van der Waals surface area (Å²) in [5.74, 6) is -4.13. The molecule has 1 aliphatic heterocycles. The number of aliphatic imine (C=N–C) groups is 1. The fourth-order valence-corrected chi connectivity index (χ4v) is 3.73. The van der Waals surface area contributed by atoms with E-state index in [9.17, 15) is 19.8 Å². The first-order valence-corrected chi connectivity index (χ1v) is 8.43. The number of carbonyl (C=O) groups is 2. The summed E-state index contributed by atoms with van der Waals surface area (Å²) >= 11 is 0. The van der Waals surface area contributed by atoms with Gasteiger partial charge in [0, 0.05) is 29.1 Å². The molecule has 7 heteroatoms. The van der Waals surface area contributed by atoms with Gasteiger partial charge in [0.05, 0.1) is 16.8 Å². The number of pyridine rings is 1. The first-order chi connectivity index (χ1) is 12.2. The molecular formula is C19H21N3O4. The van der Waals surface area contributed by atoms with E-state index in [1.807, 2.05) is 32.0 Å². The Morgan fingerprint density at radius 3 is 2.46 bits per heavy atom. The van der Waals surface area contributed by atoms with E-state index in [2.05, 4.69) is 10.1 Å². The minimum Gasteiger partial charge on any atom is -0.481 e. The number of allylic oxidation sites excluding steroid dienone is 1. The van der Waals surface area contributed by atoms with Gasteiger partial charge in [-0.15, -0.1) is 0 Å². The Kier molecular flexibility index (Phi) is 4.39. The number of nitrogens with zero attached hydrogens (tertiary/aromatic N) is 3. The van der Waals surface area contributed by atoms with Crippen LogP contribution in [0.15, 0.2) is 40.7 Å². The summed E-state index contributed by atoms with van der Waals surface area (Å²) in [6, 6.07) is 5.50. The maximum absolute atomic E-state index is 12.0. The number of aliphatic carboxylic acids is 2. The summed E-state index contributed by atoms with van der Waals surface area (Å²) in [7, 11) is 0. The molecule has 2 aromatic heterocycles. The van der Waals surface area contributed by atoms with E-state index < -0.39 is 23.8 Å². The number of carboxylic acids is 2. The molecule has 2 N–H and O–H groups in total. The van der Waals surface area contributed by atoms with E-state index >= 15 is 0 Å². The molecule has 2 unspecified atom stereocenters. The van der Waals surface area contributed by atoms with E-state index in [1.165, 1.54) is 0 Å². The molecule has 2 aromatic rings. The third kappa shape index (κ3) is 2.69. The zero-order chi connectivity index (χ0) is 19.2. The van der Waals surface area contributed by atoms with Crippen molar-refractivity contribution in [3.8, 4) is 0 Å². The molecule has 0 fully saturated rings. The van der Waals surface area contributed by atoms with Crippen LogP contribution in [0.4, 0.5) is 0 Å². The van der Waals surface area contributed by atoms with Gasteiger partial charge in [0.25, 0.3) is 0 Å². The Labute approximate surface area is 150 Å². The van der Waals surface area contributed by atoms with Crippen molar-refractivity contribution in [2.45, 2.75) is 39.5 Å². The van der Waals surface area contributed by atoms with Gasteiger partial charge in [-0.25, -0.2) is 9.31 Å². The maximum Gasteiger partial charge on any atom is 0.334 e.